The Morgan fingerprint density at radius 3 is 2.35 bits per heavy atom. The van der Waals surface area contributed by atoms with Crippen molar-refractivity contribution >= 4 is 11.6 Å². The number of nitrogens with zero attached hydrogens (tertiary/aromatic N) is 1. The van der Waals surface area contributed by atoms with Gasteiger partial charge in [0.25, 0.3) is 11.6 Å². The quantitative estimate of drug-likeness (QED) is 0.577. The molecule has 7 nitrogen and oxygen atoms in total. The van der Waals surface area contributed by atoms with Crippen LogP contribution < -0.4 is 14.8 Å². The van der Waals surface area contributed by atoms with Crippen LogP contribution in [0.4, 0.5) is 5.69 Å². The lowest BCUT2D eigenvalue weighted by atomic mass is 10.1. The summed E-state index contributed by atoms with van der Waals surface area (Å²) in [5.41, 5.74) is 0.792. The topological polar surface area (TPSA) is 90.7 Å². The molecular weight excluding hydrogens is 336 g/mol. The van der Waals surface area contributed by atoms with Gasteiger partial charge in [0.05, 0.1) is 25.2 Å². The molecule has 2 aromatic carbocycles. The molecule has 2 aromatic rings. The number of aryl methyl sites for hydroxylation is 1. The molecule has 0 saturated carbocycles. The highest BCUT2D eigenvalue weighted by molar-refractivity contribution is 5.99. The van der Waals surface area contributed by atoms with Crippen LogP contribution in [0, 0.1) is 10.1 Å². The van der Waals surface area contributed by atoms with Crippen molar-refractivity contribution < 1.29 is 19.2 Å². The molecular formula is C19H22N2O5. The normalized spacial score (nSPS) is 11.5. The molecule has 0 aromatic heterocycles. The first kappa shape index (κ1) is 19.2. The maximum absolute atomic E-state index is 12.5. The van der Waals surface area contributed by atoms with Crippen molar-refractivity contribution in [2.24, 2.45) is 0 Å². The van der Waals surface area contributed by atoms with Gasteiger partial charge in [-0.15, -0.1) is 0 Å². The van der Waals surface area contributed by atoms with Crippen molar-refractivity contribution in [2.45, 2.75) is 25.8 Å². The van der Waals surface area contributed by atoms with Crippen LogP contribution in [0.25, 0.3) is 0 Å². The molecule has 2 rings (SSSR count). The van der Waals surface area contributed by atoms with E-state index in [-0.39, 0.29) is 28.8 Å². The molecule has 0 heterocycles. The van der Waals surface area contributed by atoms with Gasteiger partial charge in [0.2, 0.25) is 0 Å². The van der Waals surface area contributed by atoms with Gasteiger partial charge in [-0.1, -0.05) is 30.3 Å². The predicted molar refractivity (Wildman–Crippen MR) is 97.9 cm³/mol. The van der Waals surface area contributed by atoms with Crippen LogP contribution in [0.15, 0.2) is 42.5 Å². The van der Waals surface area contributed by atoms with Crippen LogP contribution >= 0.6 is 0 Å². The van der Waals surface area contributed by atoms with Crippen molar-refractivity contribution in [2.75, 3.05) is 14.2 Å². The Balaban J connectivity index is 2.13. The van der Waals surface area contributed by atoms with E-state index in [1.165, 1.54) is 31.9 Å². The first-order valence-corrected chi connectivity index (χ1v) is 8.21. The number of nitro groups is 1. The summed E-state index contributed by atoms with van der Waals surface area (Å²) in [6.45, 7) is 1.87. The van der Waals surface area contributed by atoms with Crippen molar-refractivity contribution in [3.8, 4) is 11.5 Å². The minimum atomic E-state index is -0.606. The van der Waals surface area contributed by atoms with E-state index in [4.69, 9.17) is 9.47 Å². The van der Waals surface area contributed by atoms with Gasteiger partial charge in [-0.25, -0.2) is 0 Å². The van der Waals surface area contributed by atoms with Gasteiger partial charge in [0, 0.05) is 12.1 Å². The van der Waals surface area contributed by atoms with Gasteiger partial charge in [-0.3, -0.25) is 14.9 Å². The zero-order chi connectivity index (χ0) is 19.1. The first-order chi connectivity index (χ1) is 12.5. The molecule has 138 valence electrons. The minimum Gasteiger partial charge on any atom is -0.493 e. The fourth-order valence-corrected chi connectivity index (χ4v) is 2.60. The lowest BCUT2D eigenvalue weighted by Gasteiger charge is -2.15. The second-order valence-corrected chi connectivity index (χ2v) is 5.88. The lowest BCUT2D eigenvalue weighted by Crippen LogP contribution is -2.33. The van der Waals surface area contributed by atoms with Gasteiger partial charge in [0.15, 0.2) is 11.5 Å². The Labute approximate surface area is 152 Å². The highest BCUT2D eigenvalue weighted by Gasteiger charge is 2.25. The highest BCUT2D eigenvalue weighted by Crippen LogP contribution is 2.34. The molecule has 0 saturated heterocycles. The molecule has 0 aliphatic heterocycles. The third kappa shape index (κ3) is 4.72. The summed E-state index contributed by atoms with van der Waals surface area (Å²) < 4.78 is 10.2. The fourth-order valence-electron chi connectivity index (χ4n) is 2.60. The highest BCUT2D eigenvalue weighted by atomic mass is 16.6. The zero-order valence-electron chi connectivity index (χ0n) is 15.0. The fraction of sp³-hybridized carbons (Fsp3) is 0.316. The number of amides is 1. The lowest BCUT2D eigenvalue weighted by molar-refractivity contribution is -0.385. The average molecular weight is 358 g/mol. The molecule has 0 radical (unpaired) electrons. The van der Waals surface area contributed by atoms with Crippen molar-refractivity contribution in [3.63, 3.8) is 0 Å². The van der Waals surface area contributed by atoms with Crippen LogP contribution in [0.3, 0.4) is 0 Å². The van der Waals surface area contributed by atoms with Crippen LogP contribution in [0.2, 0.25) is 0 Å². The number of methoxy groups -OCH3 is 2. The third-order valence-electron chi connectivity index (χ3n) is 4.03. The van der Waals surface area contributed by atoms with Crippen LogP contribution in [-0.2, 0) is 6.42 Å². The molecule has 0 aliphatic carbocycles. The smallest absolute Gasteiger partial charge is 0.286 e. The van der Waals surface area contributed by atoms with E-state index in [9.17, 15) is 14.9 Å². The number of hydrogen-bond donors (Lipinski definition) is 1. The molecule has 7 heteroatoms. The van der Waals surface area contributed by atoms with E-state index in [0.29, 0.717) is 0 Å². The zero-order valence-corrected chi connectivity index (χ0v) is 15.0. The number of hydrogen-bond acceptors (Lipinski definition) is 5. The third-order valence-corrected chi connectivity index (χ3v) is 4.03. The number of ether oxygens (including phenoxy) is 2. The average Bonchev–Trinajstić information content (AvgIpc) is 2.65. The Morgan fingerprint density at radius 1 is 1.15 bits per heavy atom. The van der Waals surface area contributed by atoms with E-state index in [2.05, 4.69) is 5.32 Å². The predicted octanol–water partition coefficient (Wildman–Crippen LogP) is 3.36. The molecule has 1 amide bonds. The second-order valence-electron chi connectivity index (χ2n) is 5.88. The van der Waals surface area contributed by atoms with Crippen LogP contribution in [0.5, 0.6) is 11.5 Å². The van der Waals surface area contributed by atoms with Gasteiger partial charge >= 0.3 is 0 Å². The number of nitro benzene ring substituents is 1. The van der Waals surface area contributed by atoms with Gasteiger partial charge < -0.3 is 14.8 Å². The van der Waals surface area contributed by atoms with E-state index in [1.54, 1.807) is 0 Å². The van der Waals surface area contributed by atoms with Crippen molar-refractivity contribution in [1.29, 1.82) is 0 Å². The van der Waals surface area contributed by atoms with Crippen molar-refractivity contribution in [1.82, 2.24) is 5.32 Å². The number of nitrogens with one attached hydrogen (secondary N) is 1. The summed E-state index contributed by atoms with van der Waals surface area (Å²) in [5.74, 6) is -0.0497. The number of rotatable bonds is 8. The maximum Gasteiger partial charge on any atom is 0.286 e. The van der Waals surface area contributed by atoms with E-state index in [0.717, 1.165) is 12.8 Å². The molecule has 1 atom stereocenters. The van der Waals surface area contributed by atoms with Crippen LogP contribution in [0.1, 0.15) is 29.3 Å². The molecule has 0 fully saturated rings. The Bertz CT molecular complexity index is 777. The maximum atomic E-state index is 12.5. The summed E-state index contributed by atoms with van der Waals surface area (Å²) in [4.78, 5) is 23.3. The summed E-state index contributed by atoms with van der Waals surface area (Å²) in [7, 11) is 2.79. The summed E-state index contributed by atoms with van der Waals surface area (Å²) in [5, 5.41) is 14.1. The van der Waals surface area contributed by atoms with Gasteiger partial charge in [-0.2, -0.15) is 0 Å². The van der Waals surface area contributed by atoms with Crippen LogP contribution in [-0.4, -0.2) is 31.1 Å². The van der Waals surface area contributed by atoms with Gasteiger partial charge in [0.1, 0.15) is 5.56 Å². The SMILES string of the molecule is COc1cc(C(=O)NC(C)CCc2ccccc2)c([N+](=O)[O-])cc1OC. The molecule has 0 spiro atoms. The summed E-state index contributed by atoms with van der Waals surface area (Å²) in [6, 6.07) is 12.3. The first-order valence-electron chi connectivity index (χ1n) is 8.21. The standard InChI is InChI=1S/C19H22N2O5/c1-13(9-10-14-7-5-4-6-8-14)20-19(22)15-11-17(25-2)18(26-3)12-16(15)21(23)24/h4-8,11-13H,9-10H2,1-3H3,(H,20,22). The Morgan fingerprint density at radius 2 is 1.77 bits per heavy atom. The van der Waals surface area contributed by atoms with E-state index in [1.807, 2.05) is 37.3 Å². The summed E-state index contributed by atoms with van der Waals surface area (Å²) >= 11 is 0. The molecule has 26 heavy (non-hydrogen) atoms. The largest absolute Gasteiger partial charge is 0.493 e. The van der Waals surface area contributed by atoms with Crippen molar-refractivity contribution in [3.05, 3.63) is 63.7 Å². The number of benzene rings is 2. The second kappa shape index (κ2) is 8.84. The Kier molecular flexibility index (Phi) is 6.54. The molecule has 0 bridgehead atoms. The Hall–Kier alpha value is -3.09. The molecule has 1 unspecified atom stereocenters. The number of carbonyl (C=O) groups is 1. The molecule has 0 aliphatic rings. The van der Waals surface area contributed by atoms with E-state index < -0.39 is 10.8 Å². The van der Waals surface area contributed by atoms with Gasteiger partial charge in [-0.05, 0) is 25.3 Å². The monoisotopic (exact) mass is 358 g/mol. The minimum absolute atomic E-state index is 0.0563. The number of carbonyl (C=O) groups excluding carboxylic acids is 1. The molecule has 1 N–H and O–H groups in total. The van der Waals surface area contributed by atoms with E-state index >= 15 is 0 Å². The summed E-state index contributed by atoms with van der Waals surface area (Å²) in [6.07, 6.45) is 1.52.